The molecule has 1 saturated heterocycles. The Balaban J connectivity index is 1.75. The zero-order valence-electron chi connectivity index (χ0n) is 15.0. The first-order valence-electron chi connectivity index (χ1n) is 8.45. The van der Waals surface area contributed by atoms with Crippen molar-refractivity contribution < 1.29 is 19.1 Å². The summed E-state index contributed by atoms with van der Waals surface area (Å²) in [6.07, 6.45) is 0.0912. The maximum atomic E-state index is 12.6. The molecule has 1 aliphatic rings. The summed E-state index contributed by atoms with van der Waals surface area (Å²) < 4.78 is 5.30. The molecule has 0 aromatic heterocycles. The third kappa shape index (κ3) is 4.11. The quantitative estimate of drug-likeness (QED) is 0.797. The van der Waals surface area contributed by atoms with Gasteiger partial charge in [-0.3, -0.25) is 14.4 Å². The van der Waals surface area contributed by atoms with E-state index in [4.69, 9.17) is 16.3 Å². The van der Waals surface area contributed by atoms with Crippen LogP contribution in [0.1, 0.15) is 23.7 Å². The Labute approximate surface area is 162 Å². The lowest BCUT2D eigenvalue weighted by Crippen LogP contribution is -2.28. The number of rotatable bonds is 5. The van der Waals surface area contributed by atoms with Gasteiger partial charge in [-0.25, -0.2) is 0 Å². The minimum absolute atomic E-state index is 0.0821. The lowest BCUT2D eigenvalue weighted by molar-refractivity contribution is -0.122. The molecule has 27 heavy (non-hydrogen) atoms. The van der Waals surface area contributed by atoms with Crippen molar-refractivity contribution in [2.75, 3.05) is 23.9 Å². The Morgan fingerprint density at radius 1 is 1.22 bits per heavy atom. The average Bonchev–Trinajstić information content (AvgIpc) is 3.03. The van der Waals surface area contributed by atoms with E-state index in [0.717, 1.165) is 0 Å². The van der Waals surface area contributed by atoms with Crippen LogP contribution in [0.5, 0.6) is 5.75 Å². The third-order valence-corrected chi connectivity index (χ3v) is 4.70. The monoisotopic (exact) mass is 386 g/mol. The fourth-order valence-corrected chi connectivity index (χ4v) is 3.22. The summed E-state index contributed by atoms with van der Waals surface area (Å²) in [7, 11) is 1.51. The minimum atomic E-state index is -0.512. The van der Waals surface area contributed by atoms with Gasteiger partial charge in [-0.2, -0.15) is 0 Å². The Kier molecular flexibility index (Phi) is 5.46. The molecule has 1 unspecified atom stereocenters. The predicted octanol–water partition coefficient (Wildman–Crippen LogP) is 3.54. The number of ether oxygens (including phenoxy) is 1. The van der Waals surface area contributed by atoms with Gasteiger partial charge in [-0.15, -0.1) is 0 Å². The SMILES string of the molecule is COc1ccc(Cl)cc1N1CC(C(=O)Nc2cccc(C(C)=O)c2)CC1=O. The van der Waals surface area contributed by atoms with Gasteiger partial charge in [0.2, 0.25) is 11.8 Å². The smallest absolute Gasteiger partial charge is 0.229 e. The van der Waals surface area contributed by atoms with Crippen molar-refractivity contribution in [3.8, 4) is 5.75 Å². The number of hydrogen-bond acceptors (Lipinski definition) is 4. The van der Waals surface area contributed by atoms with E-state index in [1.165, 1.54) is 18.9 Å². The van der Waals surface area contributed by atoms with Crippen molar-refractivity contribution in [2.45, 2.75) is 13.3 Å². The first-order valence-corrected chi connectivity index (χ1v) is 8.82. The van der Waals surface area contributed by atoms with Gasteiger partial charge in [0.1, 0.15) is 5.75 Å². The van der Waals surface area contributed by atoms with Gasteiger partial charge < -0.3 is 15.0 Å². The highest BCUT2D eigenvalue weighted by Gasteiger charge is 2.36. The Morgan fingerprint density at radius 3 is 2.70 bits per heavy atom. The van der Waals surface area contributed by atoms with Crippen LogP contribution in [0, 0.1) is 5.92 Å². The molecule has 3 rings (SSSR count). The molecule has 0 radical (unpaired) electrons. The number of hydrogen-bond donors (Lipinski definition) is 1. The fourth-order valence-electron chi connectivity index (χ4n) is 3.05. The molecule has 1 fully saturated rings. The summed E-state index contributed by atoms with van der Waals surface area (Å²) in [5.74, 6) is -0.521. The van der Waals surface area contributed by atoms with E-state index >= 15 is 0 Å². The molecule has 0 bridgehead atoms. The molecule has 1 aliphatic heterocycles. The van der Waals surface area contributed by atoms with E-state index in [0.29, 0.717) is 27.7 Å². The highest BCUT2D eigenvalue weighted by Crippen LogP contribution is 2.35. The number of benzene rings is 2. The topological polar surface area (TPSA) is 75.7 Å². The number of Topliss-reactive ketones (excluding diaryl/α,β-unsaturated/α-hetero) is 1. The van der Waals surface area contributed by atoms with Gasteiger partial charge in [-0.05, 0) is 37.3 Å². The van der Waals surface area contributed by atoms with Crippen LogP contribution in [0.2, 0.25) is 5.02 Å². The van der Waals surface area contributed by atoms with Crippen LogP contribution in [0.3, 0.4) is 0 Å². The summed E-state index contributed by atoms with van der Waals surface area (Å²) in [5.41, 5.74) is 1.59. The summed E-state index contributed by atoms with van der Waals surface area (Å²) in [6.45, 7) is 1.70. The number of methoxy groups -OCH3 is 1. The van der Waals surface area contributed by atoms with E-state index in [2.05, 4.69) is 5.32 Å². The Morgan fingerprint density at radius 2 is 2.00 bits per heavy atom. The number of nitrogens with one attached hydrogen (secondary N) is 1. The van der Waals surface area contributed by atoms with Gasteiger partial charge in [0.25, 0.3) is 0 Å². The largest absolute Gasteiger partial charge is 0.495 e. The molecule has 0 saturated carbocycles. The third-order valence-electron chi connectivity index (χ3n) is 4.46. The van der Waals surface area contributed by atoms with Crippen molar-refractivity contribution in [3.63, 3.8) is 0 Å². The molecule has 1 atom stereocenters. The molecule has 2 amide bonds. The summed E-state index contributed by atoms with van der Waals surface area (Å²) in [6, 6.07) is 11.7. The number of nitrogens with zero attached hydrogens (tertiary/aromatic N) is 1. The molecule has 2 aromatic rings. The van der Waals surface area contributed by atoms with Gasteiger partial charge >= 0.3 is 0 Å². The Bertz CT molecular complexity index is 913. The van der Waals surface area contributed by atoms with E-state index in [1.54, 1.807) is 42.5 Å². The van der Waals surface area contributed by atoms with Crippen LogP contribution in [0.4, 0.5) is 11.4 Å². The zero-order chi connectivity index (χ0) is 19.6. The van der Waals surface area contributed by atoms with Crippen LogP contribution in [-0.2, 0) is 9.59 Å². The fraction of sp³-hybridized carbons (Fsp3) is 0.250. The van der Waals surface area contributed by atoms with E-state index in [9.17, 15) is 14.4 Å². The minimum Gasteiger partial charge on any atom is -0.495 e. The molecular weight excluding hydrogens is 368 g/mol. The van der Waals surface area contributed by atoms with Crippen LogP contribution in [0.25, 0.3) is 0 Å². The average molecular weight is 387 g/mol. The summed E-state index contributed by atoms with van der Waals surface area (Å²) in [5, 5.41) is 3.26. The molecular formula is C20H19ClN2O4. The second kappa shape index (κ2) is 7.80. The van der Waals surface area contributed by atoms with Crippen molar-refractivity contribution >= 4 is 40.6 Å². The van der Waals surface area contributed by atoms with Crippen LogP contribution < -0.4 is 15.0 Å². The molecule has 6 nitrogen and oxygen atoms in total. The number of carbonyl (C=O) groups excluding carboxylic acids is 3. The van der Waals surface area contributed by atoms with E-state index in [-0.39, 0.29) is 30.6 Å². The molecule has 1 heterocycles. The van der Waals surface area contributed by atoms with Crippen molar-refractivity contribution in [1.82, 2.24) is 0 Å². The number of halogens is 1. The van der Waals surface area contributed by atoms with Gasteiger partial charge in [0.15, 0.2) is 5.78 Å². The first kappa shape index (κ1) is 18.9. The van der Waals surface area contributed by atoms with Crippen molar-refractivity contribution in [3.05, 3.63) is 53.1 Å². The first-order chi connectivity index (χ1) is 12.9. The molecule has 0 aliphatic carbocycles. The molecule has 140 valence electrons. The second-order valence-corrected chi connectivity index (χ2v) is 6.78. The van der Waals surface area contributed by atoms with Gasteiger partial charge in [0.05, 0.1) is 18.7 Å². The number of ketones is 1. The van der Waals surface area contributed by atoms with Gasteiger partial charge in [0, 0.05) is 29.2 Å². The number of anilines is 2. The van der Waals surface area contributed by atoms with Crippen LogP contribution in [-0.4, -0.2) is 31.3 Å². The summed E-state index contributed by atoms with van der Waals surface area (Å²) in [4.78, 5) is 38.1. The Hall–Kier alpha value is -2.86. The maximum absolute atomic E-state index is 12.6. The standard InChI is InChI=1S/C20H19ClN2O4/c1-12(24)13-4-3-5-16(8-13)22-20(26)14-9-19(25)23(11-14)17-10-15(21)6-7-18(17)27-2/h3-8,10,14H,9,11H2,1-2H3,(H,22,26). The predicted molar refractivity (Wildman–Crippen MR) is 104 cm³/mol. The second-order valence-electron chi connectivity index (χ2n) is 6.35. The van der Waals surface area contributed by atoms with Crippen molar-refractivity contribution in [2.24, 2.45) is 5.92 Å². The van der Waals surface area contributed by atoms with Gasteiger partial charge in [-0.1, -0.05) is 23.7 Å². The molecule has 7 heteroatoms. The van der Waals surface area contributed by atoms with Crippen LogP contribution >= 0.6 is 11.6 Å². The normalized spacial score (nSPS) is 16.3. The van der Waals surface area contributed by atoms with E-state index in [1.807, 2.05) is 0 Å². The van der Waals surface area contributed by atoms with Crippen molar-refractivity contribution in [1.29, 1.82) is 0 Å². The number of carbonyl (C=O) groups is 3. The maximum Gasteiger partial charge on any atom is 0.229 e. The molecule has 1 N–H and O–H groups in total. The van der Waals surface area contributed by atoms with Crippen LogP contribution in [0.15, 0.2) is 42.5 Å². The van der Waals surface area contributed by atoms with E-state index < -0.39 is 5.92 Å². The lowest BCUT2D eigenvalue weighted by atomic mass is 10.1. The summed E-state index contributed by atoms with van der Waals surface area (Å²) >= 11 is 6.05. The number of amides is 2. The highest BCUT2D eigenvalue weighted by atomic mass is 35.5. The lowest BCUT2D eigenvalue weighted by Gasteiger charge is -2.20. The highest BCUT2D eigenvalue weighted by molar-refractivity contribution is 6.31. The molecule has 2 aromatic carbocycles. The zero-order valence-corrected chi connectivity index (χ0v) is 15.7. The molecule has 0 spiro atoms.